The SMILES string of the molecule is CC(C)CCn1c(=S)[nH]c2sc3c(c2c1=O)CCC(C)C3. The highest BCUT2D eigenvalue weighted by Crippen LogP contribution is 2.35. The lowest BCUT2D eigenvalue weighted by atomic mass is 9.89. The van der Waals surface area contributed by atoms with Crippen LogP contribution in [0.1, 0.15) is 44.1 Å². The van der Waals surface area contributed by atoms with Gasteiger partial charge in [0, 0.05) is 11.4 Å². The maximum Gasteiger partial charge on any atom is 0.263 e. The third-order valence-electron chi connectivity index (χ3n) is 4.37. The molecule has 0 fully saturated rings. The van der Waals surface area contributed by atoms with E-state index in [0.29, 0.717) is 17.2 Å². The van der Waals surface area contributed by atoms with Gasteiger partial charge in [-0.2, -0.15) is 0 Å². The van der Waals surface area contributed by atoms with Gasteiger partial charge >= 0.3 is 0 Å². The van der Waals surface area contributed by atoms with E-state index in [-0.39, 0.29) is 5.56 Å². The maximum absolute atomic E-state index is 12.9. The summed E-state index contributed by atoms with van der Waals surface area (Å²) in [5.41, 5.74) is 1.39. The molecular weight excluding hydrogens is 300 g/mol. The van der Waals surface area contributed by atoms with Gasteiger partial charge in [0.1, 0.15) is 4.83 Å². The molecule has 0 aliphatic heterocycles. The predicted molar refractivity (Wildman–Crippen MR) is 91.9 cm³/mol. The highest BCUT2D eigenvalue weighted by atomic mass is 32.1. The Morgan fingerprint density at radius 1 is 1.48 bits per heavy atom. The average molecular weight is 322 g/mol. The largest absolute Gasteiger partial charge is 0.323 e. The lowest BCUT2D eigenvalue weighted by molar-refractivity contribution is 0.500. The summed E-state index contributed by atoms with van der Waals surface area (Å²) in [6.07, 6.45) is 4.29. The number of nitrogens with zero attached hydrogens (tertiary/aromatic N) is 1. The van der Waals surface area contributed by atoms with Gasteiger partial charge in [-0.05, 0) is 55.3 Å². The molecule has 0 bridgehead atoms. The fraction of sp³-hybridized carbons (Fsp3) is 0.625. The van der Waals surface area contributed by atoms with Crippen molar-refractivity contribution >= 4 is 33.8 Å². The van der Waals surface area contributed by atoms with Crippen LogP contribution in [0.5, 0.6) is 0 Å². The number of rotatable bonds is 3. The predicted octanol–water partition coefficient (Wildman–Crippen LogP) is 4.29. The van der Waals surface area contributed by atoms with E-state index < -0.39 is 0 Å². The molecule has 1 aliphatic carbocycles. The molecule has 1 aliphatic rings. The van der Waals surface area contributed by atoms with E-state index >= 15 is 0 Å². The second kappa shape index (κ2) is 5.69. The third-order valence-corrected chi connectivity index (χ3v) is 5.86. The van der Waals surface area contributed by atoms with Crippen LogP contribution in [0.3, 0.4) is 0 Å². The highest BCUT2D eigenvalue weighted by Gasteiger charge is 2.23. The molecule has 2 heterocycles. The third kappa shape index (κ3) is 2.73. The molecule has 1 N–H and O–H groups in total. The van der Waals surface area contributed by atoms with Crippen molar-refractivity contribution in [3.63, 3.8) is 0 Å². The van der Waals surface area contributed by atoms with Crippen LogP contribution in [0.4, 0.5) is 0 Å². The molecule has 21 heavy (non-hydrogen) atoms. The zero-order chi connectivity index (χ0) is 15.1. The number of nitrogens with one attached hydrogen (secondary N) is 1. The standard InChI is InChI=1S/C16H22N2OS2/c1-9(2)6-7-18-15(19)13-11-5-4-10(3)8-12(11)21-14(13)17-16(18)20/h9-10H,4-8H2,1-3H3,(H,17,20). The summed E-state index contributed by atoms with van der Waals surface area (Å²) >= 11 is 7.13. The van der Waals surface area contributed by atoms with E-state index in [1.807, 2.05) is 0 Å². The van der Waals surface area contributed by atoms with Crippen LogP contribution in [-0.4, -0.2) is 9.55 Å². The molecule has 2 aromatic rings. The van der Waals surface area contributed by atoms with Gasteiger partial charge < -0.3 is 4.98 Å². The topological polar surface area (TPSA) is 37.8 Å². The molecule has 0 spiro atoms. The van der Waals surface area contributed by atoms with Gasteiger partial charge in [-0.3, -0.25) is 9.36 Å². The molecule has 1 atom stereocenters. The van der Waals surface area contributed by atoms with Crippen molar-refractivity contribution in [1.29, 1.82) is 0 Å². The Morgan fingerprint density at radius 2 is 2.24 bits per heavy atom. The summed E-state index contributed by atoms with van der Waals surface area (Å²) in [7, 11) is 0. The summed E-state index contributed by atoms with van der Waals surface area (Å²) in [6.45, 7) is 7.34. The Hall–Kier alpha value is -0.940. The zero-order valence-electron chi connectivity index (χ0n) is 12.9. The first-order valence-corrected chi connectivity index (χ1v) is 8.97. The van der Waals surface area contributed by atoms with Crippen molar-refractivity contribution in [3.05, 3.63) is 25.6 Å². The molecule has 0 radical (unpaired) electrons. The van der Waals surface area contributed by atoms with Crippen LogP contribution >= 0.6 is 23.6 Å². The van der Waals surface area contributed by atoms with Gasteiger partial charge in [-0.1, -0.05) is 20.8 Å². The molecule has 5 heteroatoms. The Balaban J connectivity index is 2.15. The van der Waals surface area contributed by atoms with E-state index in [2.05, 4.69) is 25.8 Å². The average Bonchev–Trinajstić information content (AvgIpc) is 2.74. The van der Waals surface area contributed by atoms with Crippen molar-refractivity contribution in [2.24, 2.45) is 11.8 Å². The Kier molecular flexibility index (Phi) is 4.06. The van der Waals surface area contributed by atoms with Crippen molar-refractivity contribution in [2.45, 2.75) is 53.0 Å². The molecule has 0 saturated carbocycles. The molecule has 2 aromatic heterocycles. The van der Waals surface area contributed by atoms with E-state index in [9.17, 15) is 4.79 Å². The number of fused-ring (bicyclic) bond motifs is 3. The van der Waals surface area contributed by atoms with Gasteiger partial charge in [-0.15, -0.1) is 11.3 Å². The lowest BCUT2D eigenvalue weighted by Gasteiger charge is -2.17. The highest BCUT2D eigenvalue weighted by molar-refractivity contribution is 7.71. The molecule has 1 unspecified atom stereocenters. The van der Waals surface area contributed by atoms with Gasteiger partial charge in [-0.25, -0.2) is 0 Å². The Morgan fingerprint density at radius 3 is 2.95 bits per heavy atom. The van der Waals surface area contributed by atoms with Crippen LogP contribution < -0.4 is 5.56 Å². The summed E-state index contributed by atoms with van der Waals surface area (Å²) in [4.78, 5) is 18.5. The van der Waals surface area contributed by atoms with Crippen LogP contribution in [0.25, 0.3) is 10.2 Å². The van der Waals surface area contributed by atoms with Crippen LogP contribution in [0, 0.1) is 16.6 Å². The number of aromatic nitrogens is 2. The second-order valence-electron chi connectivity index (χ2n) is 6.63. The number of thiophene rings is 1. The quantitative estimate of drug-likeness (QED) is 0.856. The minimum Gasteiger partial charge on any atom is -0.323 e. The van der Waals surface area contributed by atoms with Crippen molar-refractivity contribution in [3.8, 4) is 0 Å². The number of hydrogen-bond donors (Lipinski definition) is 1. The fourth-order valence-corrected chi connectivity index (χ4v) is 4.79. The number of aryl methyl sites for hydroxylation is 1. The van der Waals surface area contributed by atoms with Crippen LogP contribution in [0.2, 0.25) is 0 Å². The normalized spacial score (nSPS) is 18.4. The van der Waals surface area contributed by atoms with Gasteiger partial charge in [0.15, 0.2) is 4.77 Å². The molecule has 3 rings (SSSR count). The Bertz CT molecular complexity index is 782. The summed E-state index contributed by atoms with van der Waals surface area (Å²) in [5, 5.41) is 0.902. The first-order chi connectivity index (χ1) is 9.97. The van der Waals surface area contributed by atoms with Gasteiger partial charge in [0.25, 0.3) is 5.56 Å². The number of H-pyrrole nitrogens is 1. The monoisotopic (exact) mass is 322 g/mol. The smallest absolute Gasteiger partial charge is 0.263 e. The van der Waals surface area contributed by atoms with Crippen LogP contribution in [-0.2, 0) is 19.4 Å². The first-order valence-electron chi connectivity index (χ1n) is 7.74. The summed E-state index contributed by atoms with van der Waals surface area (Å²) < 4.78 is 2.32. The summed E-state index contributed by atoms with van der Waals surface area (Å²) in [6, 6.07) is 0. The van der Waals surface area contributed by atoms with Gasteiger partial charge in [0.05, 0.1) is 5.39 Å². The zero-order valence-corrected chi connectivity index (χ0v) is 14.5. The fourth-order valence-electron chi connectivity index (χ4n) is 3.05. The van der Waals surface area contributed by atoms with Crippen molar-refractivity contribution in [1.82, 2.24) is 9.55 Å². The van der Waals surface area contributed by atoms with E-state index in [4.69, 9.17) is 12.2 Å². The van der Waals surface area contributed by atoms with E-state index in [1.54, 1.807) is 15.9 Å². The minimum atomic E-state index is 0.112. The van der Waals surface area contributed by atoms with Crippen LogP contribution in [0.15, 0.2) is 4.79 Å². The number of hydrogen-bond acceptors (Lipinski definition) is 3. The molecule has 3 nitrogen and oxygen atoms in total. The van der Waals surface area contributed by atoms with Crippen molar-refractivity contribution in [2.75, 3.05) is 0 Å². The molecular formula is C16H22N2OS2. The van der Waals surface area contributed by atoms with Crippen molar-refractivity contribution < 1.29 is 0 Å². The minimum absolute atomic E-state index is 0.112. The summed E-state index contributed by atoms with van der Waals surface area (Å²) in [5.74, 6) is 1.29. The molecule has 0 aromatic carbocycles. The lowest BCUT2D eigenvalue weighted by Crippen LogP contribution is -2.23. The van der Waals surface area contributed by atoms with E-state index in [0.717, 1.165) is 35.4 Å². The molecule has 0 saturated heterocycles. The molecule has 0 amide bonds. The maximum atomic E-state index is 12.9. The van der Waals surface area contributed by atoms with Gasteiger partial charge in [0.2, 0.25) is 0 Å². The number of aromatic amines is 1. The van der Waals surface area contributed by atoms with E-state index in [1.165, 1.54) is 16.9 Å². The second-order valence-corrected chi connectivity index (χ2v) is 8.12. The molecule has 114 valence electrons. The Labute approximate surface area is 134 Å². The first kappa shape index (κ1) is 15.0.